The minimum atomic E-state index is -3.98. The second-order valence-electron chi connectivity index (χ2n) is 11.4. The summed E-state index contributed by atoms with van der Waals surface area (Å²) in [6.45, 7) is 18.1. The second-order valence-corrected chi connectivity index (χ2v) is 13.3. The lowest BCUT2D eigenvalue weighted by atomic mass is 9.78. The van der Waals surface area contributed by atoms with Crippen molar-refractivity contribution >= 4 is 15.9 Å². The van der Waals surface area contributed by atoms with E-state index in [1.807, 2.05) is 47.6 Å². The van der Waals surface area contributed by atoms with Crippen molar-refractivity contribution in [2.75, 3.05) is 0 Å². The molecule has 172 valence electrons. The molecule has 0 aliphatic rings. The largest absolute Gasteiger partial charge is 0.507 e. The highest BCUT2D eigenvalue weighted by molar-refractivity contribution is 7.95. The quantitative estimate of drug-likeness (QED) is 0.530. The van der Waals surface area contributed by atoms with E-state index in [1.165, 1.54) is 6.08 Å². The van der Waals surface area contributed by atoms with Gasteiger partial charge in [0.05, 0.1) is 4.90 Å². The van der Waals surface area contributed by atoms with Gasteiger partial charge in [-0.15, -0.1) is 0 Å². The van der Waals surface area contributed by atoms with Crippen molar-refractivity contribution in [2.45, 2.75) is 83.5 Å². The topological polar surface area (TPSA) is 78.2 Å². The van der Waals surface area contributed by atoms with Crippen LogP contribution >= 0.6 is 0 Å². The SMILES string of the molecule is CC(C)(C)c1ccc(S(=O)(=O)/C(C#N)=C/c2cc(C(C)(C)C)c(O)c(C(C)(C)C)c2)cc1. The van der Waals surface area contributed by atoms with E-state index in [0.717, 1.165) is 5.56 Å². The lowest BCUT2D eigenvalue weighted by Crippen LogP contribution is -2.17. The zero-order chi connectivity index (χ0) is 24.7. The van der Waals surface area contributed by atoms with E-state index in [0.29, 0.717) is 16.7 Å². The summed E-state index contributed by atoms with van der Waals surface area (Å²) in [5.41, 5.74) is 2.19. The molecule has 0 radical (unpaired) electrons. The van der Waals surface area contributed by atoms with Gasteiger partial charge in [-0.25, -0.2) is 8.42 Å². The van der Waals surface area contributed by atoms with E-state index >= 15 is 0 Å². The monoisotopic (exact) mass is 453 g/mol. The van der Waals surface area contributed by atoms with Crippen LogP contribution in [0, 0.1) is 11.3 Å². The summed E-state index contributed by atoms with van der Waals surface area (Å²) in [5, 5.41) is 20.6. The van der Waals surface area contributed by atoms with Crippen molar-refractivity contribution in [2.24, 2.45) is 0 Å². The molecular weight excluding hydrogens is 418 g/mol. The van der Waals surface area contributed by atoms with Crippen LogP contribution in [0.5, 0.6) is 5.75 Å². The van der Waals surface area contributed by atoms with Crippen LogP contribution in [0.1, 0.15) is 84.6 Å². The fourth-order valence-corrected chi connectivity index (χ4v) is 4.63. The maximum absolute atomic E-state index is 13.2. The maximum Gasteiger partial charge on any atom is 0.216 e. The fraction of sp³-hybridized carbons (Fsp3) is 0.444. The molecular formula is C27H35NO3S. The van der Waals surface area contributed by atoms with E-state index in [9.17, 15) is 18.8 Å². The Bertz CT molecular complexity index is 1140. The van der Waals surface area contributed by atoms with E-state index < -0.39 is 9.84 Å². The predicted molar refractivity (Wildman–Crippen MR) is 131 cm³/mol. The number of phenolic OH excluding ortho intramolecular Hbond substituents is 1. The normalized spacial score (nSPS) is 13.7. The Morgan fingerprint density at radius 1 is 0.844 bits per heavy atom. The van der Waals surface area contributed by atoms with Gasteiger partial charge in [0.1, 0.15) is 16.7 Å². The molecule has 0 heterocycles. The van der Waals surface area contributed by atoms with Crippen LogP contribution in [-0.4, -0.2) is 13.5 Å². The van der Waals surface area contributed by atoms with E-state index in [2.05, 4.69) is 20.8 Å². The van der Waals surface area contributed by atoms with Crippen molar-refractivity contribution in [1.82, 2.24) is 0 Å². The zero-order valence-corrected chi connectivity index (χ0v) is 21.5. The fourth-order valence-electron chi connectivity index (χ4n) is 3.47. The third kappa shape index (κ3) is 5.42. The van der Waals surface area contributed by atoms with Crippen LogP contribution in [-0.2, 0) is 26.1 Å². The summed E-state index contributed by atoms with van der Waals surface area (Å²) in [6.07, 6.45) is 1.40. The molecule has 0 aliphatic heterocycles. The number of nitrogens with zero attached hydrogens (tertiary/aromatic N) is 1. The van der Waals surface area contributed by atoms with E-state index in [4.69, 9.17) is 0 Å². The van der Waals surface area contributed by atoms with Gasteiger partial charge < -0.3 is 5.11 Å². The molecule has 0 aliphatic carbocycles. The van der Waals surface area contributed by atoms with Crippen molar-refractivity contribution in [1.29, 1.82) is 5.26 Å². The standard InChI is InChI=1S/C27H35NO3S/c1-25(2,3)19-10-12-20(13-11-19)32(30,31)21(17-28)14-18-15-22(26(4,5)6)24(29)23(16-18)27(7,8)9/h10-16,29H,1-9H3/b21-14+. The van der Waals surface area contributed by atoms with E-state index in [-0.39, 0.29) is 31.8 Å². The lowest BCUT2D eigenvalue weighted by Gasteiger charge is -2.28. The average molecular weight is 454 g/mol. The Kier molecular flexibility index (Phi) is 6.74. The molecule has 32 heavy (non-hydrogen) atoms. The third-order valence-electron chi connectivity index (χ3n) is 5.48. The van der Waals surface area contributed by atoms with Crippen molar-refractivity contribution in [3.63, 3.8) is 0 Å². The molecule has 2 aromatic carbocycles. The van der Waals surface area contributed by atoms with Gasteiger partial charge in [-0.2, -0.15) is 5.26 Å². The number of hydrogen-bond donors (Lipinski definition) is 1. The molecule has 1 N–H and O–H groups in total. The van der Waals surface area contributed by atoms with Gasteiger partial charge >= 0.3 is 0 Å². The minimum Gasteiger partial charge on any atom is -0.507 e. The Morgan fingerprint density at radius 3 is 1.62 bits per heavy atom. The molecule has 0 spiro atoms. The molecule has 0 bridgehead atoms. The first kappa shape index (κ1) is 25.7. The Hall–Kier alpha value is -2.58. The van der Waals surface area contributed by atoms with Crippen molar-refractivity contribution < 1.29 is 13.5 Å². The number of rotatable bonds is 3. The number of hydrogen-bond acceptors (Lipinski definition) is 4. The molecule has 0 saturated heterocycles. The number of sulfone groups is 1. The molecule has 2 rings (SSSR count). The van der Waals surface area contributed by atoms with Crippen LogP contribution in [0.15, 0.2) is 46.2 Å². The third-order valence-corrected chi connectivity index (χ3v) is 7.16. The van der Waals surface area contributed by atoms with E-state index in [1.54, 1.807) is 36.4 Å². The van der Waals surface area contributed by atoms with Gasteiger partial charge in [-0.05, 0) is 57.7 Å². The maximum atomic E-state index is 13.2. The van der Waals surface area contributed by atoms with Gasteiger partial charge in [0.25, 0.3) is 0 Å². The lowest BCUT2D eigenvalue weighted by molar-refractivity contribution is 0.423. The van der Waals surface area contributed by atoms with Crippen LogP contribution in [0.2, 0.25) is 0 Å². The van der Waals surface area contributed by atoms with Crippen molar-refractivity contribution in [3.8, 4) is 11.8 Å². The number of phenols is 1. The van der Waals surface area contributed by atoms with Gasteiger partial charge in [-0.1, -0.05) is 74.4 Å². The molecule has 0 aromatic heterocycles. The van der Waals surface area contributed by atoms with Crippen LogP contribution < -0.4 is 0 Å². The summed E-state index contributed by atoms with van der Waals surface area (Å²) in [4.78, 5) is -0.240. The number of nitriles is 1. The van der Waals surface area contributed by atoms with Gasteiger partial charge in [0.2, 0.25) is 9.84 Å². The molecule has 5 heteroatoms. The highest BCUT2D eigenvalue weighted by atomic mass is 32.2. The Labute approximate surface area is 193 Å². The van der Waals surface area contributed by atoms with Crippen molar-refractivity contribution in [3.05, 3.63) is 63.6 Å². The minimum absolute atomic E-state index is 0.0872. The molecule has 4 nitrogen and oxygen atoms in total. The molecule has 0 amide bonds. The average Bonchev–Trinajstić information content (AvgIpc) is 2.64. The van der Waals surface area contributed by atoms with Gasteiger partial charge in [0, 0.05) is 11.1 Å². The summed E-state index contributed by atoms with van der Waals surface area (Å²) >= 11 is 0. The van der Waals surface area contributed by atoms with Crippen LogP contribution in [0.25, 0.3) is 6.08 Å². The molecule has 2 aromatic rings. The van der Waals surface area contributed by atoms with Gasteiger partial charge in [-0.3, -0.25) is 0 Å². The highest BCUT2D eigenvalue weighted by Crippen LogP contribution is 2.40. The zero-order valence-electron chi connectivity index (χ0n) is 20.7. The summed E-state index contributed by atoms with van der Waals surface area (Å²) in [6, 6.07) is 12.1. The molecule has 0 saturated carbocycles. The van der Waals surface area contributed by atoms with Gasteiger partial charge in [0.15, 0.2) is 0 Å². The number of allylic oxidation sites excluding steroid dienone is 1. The molecule has 0 atom stereocenters. The molecule has 0 unspecified atom stereocenters. The second kappa shape index (κ2) is 8.41. The predicted octanol–water partition coefficient (Wildman–Crippen LogP) is 6.62. The Balaban J connectivity index is 2.68. The highest BCUT2D eigenvalue weighted by Gasteiger charge is 2.27. The first-order chi connectivity index (χ1) is 14.4. The summed E-state index contributed by atoms with van der Waals surface area (Å²) < 4.78 is 26.4. The smallest absolute Gasteiger partial charge is 0.216 e. The number of benzene rings is 2. The number of aromatic hydroxyl groups is 1. The molecule has 0 fully saturated rings. The van der Waals surface area contributed by atoms with Crippen LogP contribution in [0.3, 0.4) is 0 Å². The summed E-state index contributed by atoms with van der Waals surface area (Å²) in [5.74, 6) is 0.210. The summed E-state index contributed by atoms with van der Waals surface area (Å²) in [7, 11) is -3.98. The van der Waals surface area contributed by atoms with Crippen LogP contribution in [0.4, 0.5) is 0 Å². The first-order valence-corrected chi connectivity index (χ1v) is 12.2. The first-order valence-electron chi connectivity index (χ1n) is 10.7. The Morgan fingerprint density at radius 2 is 1.28 bits per heavy atom.